The molecule has 0 fully saturated rings. The number of nitrogens with two attached hydrogens (primary N) is 1. The Balaban J connectivity index is 2.53. The number of hydrogen-bond donors (Lipinski definition) is 2. The first kappa shape index (κ1) is 11.6. The zero-order valence-corrected chi connectivity index (χ0v) is 10.2. The molecule has 1 unspecified atom stereocenters. The first-order chi connectivity index (χ1) is 9.18. The SMILES string of the molecule is NC(=O)[N+]1=c2ccccc2=CC(O)c2ccccc21. The van der Waals surface area contributed by atoms with E-state index in [1.807, 2.05) is 36.4 Å². The van der Waals surface area contributed by atoms with Crippen molar-refractivity contribution in [2.75, 3.05) is 0 Å². The summed E-state index contributed by atoms with van der Waals surface area (Å²) < 4.78 is 1.43. The second-order valence-corrected chi connectivity index (χ2v) is 4.40. The van der Waals surface area contributed by atoms with Crippen molar-refractivity contribution in [3.8, 4) is 0 Å². The van der Waals surface area contributed by atoms with Crippen molar-refractivity contribution in [2.24, 2.45) is 5.73 Å². The van der Waals surface area contributed by atoms with Crippen molar-refractivity contribution < 1.29 is 9.90 Å². The summed E-state index contributed by atoms with van der Waals surface area (Å²) >= 11 is 0. The summed E-state index contributed by atoms with van der Waals surface area (Å²) in [5.41, 5.74) is 6.78. The summed E-state index contributed by atoms with van der Waals surface area (Å²) in [4.78, 5) is 11.8. The molecule has 0 bridgehead atoms. The van der Waals surface area contributed by atoms with Crippen molar-refractivity contribution in [3.05, 3.63) is 64.7 Å². The van der Waals surface area contributed by atoms with Gasteiger partial charge in [0.05, 0.1) is 0 Å². The predicted molar refractivity (Wildman–Crippen MR) is 72.0 cm³/mol. The molecule has 2 amide bonds. The molecular formula is C15H13N2O2+. The lowest BCUT2D eigenvalue weighted by Crippen LogP contribution is -2.42. The Hall–Kier alpha value is -2.46. The zero-order chi connectivity index (χ0) is 13.4. The molecule has 0 saturated carbocycles. The molecule has 19 heavy (non-hydrogen) atoms. The largest absolute Gasteiger partial charge is 0.494 e. The number of urea groups is 1. The van der Waals surface area contributed by atoms with E-state index in [9.17, 15) is 9.90 Å². The van der Waals surface area contributed by atoms with Crippen molar-refractivity contribution in [2.45, 2.75) is 6.10 Å². The van der Waals surface area contributed by atoms with E-state index in [1.54, 1.807) is 18.2 Å². The number of carbonyl (C=O) groups excluding carboxylic acids is 1. The Bertz CT molecular complexity index is 781. The molecule has 3 rings (SSSR count). The van der Waals surface area contributed by atoms with Crippen molar-refractivity contribution >= 4 is 17.8 Å². The number of aliphatic hydroxyl groups is 1. The van der Waals surface area contributed by atoms with E-state index < -0.39 is 12.1 Å². The molecule has 94 valence electrons. The van der Waals surface area contributed by atoms with Crippen LogP contribution in [-0.4, -0.2) is 11.1 Å². The van der Waals surface area contributed by atoms with Crippen LogP contribution in [-0.2, 0) is 0 Å². The second kappa shape index (κ2) is 4.33. The molecule has 0 aromatic heterocycles. The number of primary amides is 1. The maximum Gasteiger partial charge on any atom is 0.494 e. The zero-order valence-electron chi connectivity index (χ0n) is 10.2. The maximum atomic E-state index is 11.8. The number of amides is 2. The molecule has 1 aliphatic heterocycles. The molecular weight excluding hydrogens is 240 g/mol. The van der Waals surface area contributed by atoms with E-state index in [-0.39, 0.29) is 0 Å². The molecule has 0 saturated heterocycles. The van der Waals surface area contributed by atoms with Gasteiger partial charge >= 0.3 is 6.03 Å². The Morgan fingerprint density at radius 2 is 1.79 bits per heavy atom. The van der Waals surface area contributed by atoms with Gasteiger partial charge in [-0.3, -0.25) is 5.73 Å². The van der Waals surface area contributed by atoms with E-state index in [0.29, 0.717) is 16.6 Å². The number of hydrogen-bond acceptors (Lipinski definition) is 2. The third-order valence-corrected chi connectivity index (χ3v) is 3.23. The van der Waals surface area contributed by atoms with Crippen LogP contribution in [0.2, 0.25) is 0 Å². The normalized spacial score (nSPS) is 16.9. The molecule has 1 atom stereocenters. The molecule has 1 heterocycles. The minimum absolute atomic E-state index is 0.567. The lowest BCUT2D eigenvalue weighted by atomic mass is 10.1. The highest BCUT2D eigenvalue weighted by Gasteiger charge is 2.23. The topological polar surface area (TPSA) is 66.3 Å². The minimum atomic E-state index is -0.762. The fourth-order valence-electron chi connectivity index (χ4n) is 2.40. The number of para-hydroxylation sites is 2. The molecule has 2 aromatic rings. The third-order valence-electron chi connectivity index (χ3n) is 3.23. The Morgan fingerprint density at radius 3 is 2.58 bits per heavy atom. The standard InChI is InChI=1S/C15H12N2O2/c16-15(19)17-12-7-3-1-5-10(12)9-14(18)11-6-2-4-8-13(11)17/h1-9,14,18H,(H-,16,19)/p+1. The van der Waals surface area contributed by atoms with Gasteiger partial charge in [0.15, 0.2) is 0 Å². The summed E-state index contributed by atoms with van der Waals surface area (Å²) in [6.07, 6.45) is 0.957. The fourth-order valence-corrected chi connectivity index (χ4v) is 2.40. The average Bonchev–Trinajstić information content (AvgIpc) is 2.53. The predicted octanol–water partition coefficient (Wildman–Crippen LogP) is 0.416. The van der Waals surface area contributed by atoms with Crippen molar-refractivity contribution in [1.29, 1.82) is 0 Å². The molecule has 0 aliphatic carbocycles. The van der Waals surface area contributed by atoms with Gasteiger partial charge in [0.2, 0.25) is 0 Å². The summed E-state index contributed by atoms with van der Waals surface area (Å²) in [7, 11) is 0. The third kappa shape index (κ3) is 1.82. The summed E-state index contributed by atoms with van der Waals surface area (Å²) in [5.74, 6) is 0. The molecule has 1 aliphatic rings. The van der Waals surface area contributed by atoms with Gasteiger partial charge in [-0.05, 0) is 18.2 Å². The van der Waals surface area contributed by atoms with Gasteiger partial charge in [0.25, 0.3) is 0 Å². The molecule has 4 heteroatoms. The van der Waals surface area contributed by atoms with Gasteiger partial charge < -0.3 is 5.11 Å². The molecule has 0 radical (unpaired) electrons. The number of nitrogens with zero attached hydrogens (tertiary/aromatic N) is 1. The lowest BCUT2D eigenvalue weighted by molar-refractivity contribution is 0.242. The van der Waals surface area contributed by atoms with Crippen LogP contribution in [0.4, 0.5) is 10.5 Å². The molecule has 4 nitrogen and oxygen atoms in total. The van der Waals surface area contributed by atoms with E-state index in [4.69, 9.17) is 5.73 Å². The first-order valence-electron chi connectivity index (χ1n) is 5.99. The number of carbonyl (C=O) groups is 1. The highest BCUT2D eigenvalue weighted by molar-refractivity contribution is 5.81. The van der Waals surface area contributed by atoms with E-state index in [0.717, 1.165) is 5.22 Å². The number of aliphatic hydroxyl groups excluding tert-OH is 1. The molecule has 2 aromatic carbocycles. The number of benzene rings is 2. The summed E-state index contributed by atoms with van der Waals surface area (Å²) in [6, 6.07) is 14.0. The van der Waals surface area contributed by atoms with E-state index in [1.165, 1.54) is 4.58 Å². The highest BCUT2D eigenvalue weighted by Crippen LogP contribution is 2.25. The van der Waals surface area contributed by atoms with Crippen molar-refractivity contribution in [3.63, 3.8) is 0 Å². The van der Waals surface area contributed by atoms with Gasteiger partial charge in [0.1, 0.15) is 17.1 Å². The highest BCUT2D eigenvalue weighted by atomic mass is 16.3. The van der Waals surface area contributed by atoms with Crippen LogP contribution in [0, 0.1) is 0 Å². The Kier molecular flexibility index (Phi) is 2.65. The summed E-state index contributed by atoms with van der Waals surface area (Å²) in [5, 5.41) is 11.7. The van der Waals surface area contributed by atoms with Gasteiger partial charge in [-0.15, -0.1) is 0 Å². The van der Waals surface area contributed by atoms with E-state index in [2.05, 4.69) is 0 Å². The monoisotopic (exact) mass is 253 g/mol. The van der Waals surface area contributed by atoms with Crippen LogP contribution in [0.3, 0.4) is 0 Å². The second-order valence-electron chi connectivity index (χ2n) is 4.40. The van der Waals surface area contributed by atoms with Crippen LogP contribution in [0.5, 0.6) is 0 Å². The van der Waals surface area contributed by atoms with Crippen LogP contribution in [0.1, 0.15) is 11.7 Å². The quantitative estimate of drug-likeness (QED) is 0.668. The Morgan fingerprint density at radius 1 is 1.11 bits per heavy atom. The fraction of sp³-hybridized carbons (Fsp3) is 0.0667. The number of rotatable bonds is 0. The van der Waals surface area contributed by atoms with Gasteiger partial charge in [-0.2, -0.15) is 9.37 Å². The lowest BCUT2D eigenvalue weighted by Gasteiger charge is -2.08. The Labute approximate surface area is 109 Å². The van der Waals surface area contributed by atoms with E-state index >= 15 is 0 Å². The van der Waals surface area contributed by atoms with Crippen LogP contribution >= 0.6 is 0 Å². The molecule has 3 N–H and O–H groups in total. The van der Waals surface area contributed by atoms with Gasteiger partial charge in [-0.1, -0.05) is 36.4 Å². The minimum Gasteiger partial charge on any atom is -0.384 e. The average molecular weight is 253 g/mol. The number of fused-ring (bicyclic) bond motifs is 2. The van der Waals surface area contributed by atoms with Gasteiger partial charge in [-0.25, -0.2) is 0 Å². The first-order valence-corrected chi connectivity index (χ1v) is 5.99. The smallest absolute Gasteiger partial charge is 0.384 e. The molecule has 0 spiro atoms. The van der Waals surface area contributed by atoms with Crippen LogP contribution in [0.25, 0.3) is 6.08 Å². The van der Waals surface area contributed by atoms with Crippen molar-refractivity contribution in [1.82, 2.24) is 4.58 Å². The van der Waals surface area contributed by atoms with Crippen LogP contribution < -0.4 is 20.9 Å². The summed E-state index contributed by atoms with van der Waals surface area (Å²) in [6.45, 7) is 0. The van der Waals surface area contributed by atoms with Gasteiger partial charge in [0, 0.05) is 10.8 Å². The maximum absolute atomic E-state index is 11.8. The van der Waals surface area contributed by atoms with Crippen LogP contribution in [0.15, 0.2) is 48.5 Å².